The Labute approximate surface area is 78.8 Å². The van der Waals surface area contributed by atoms with Crippen LogP contribution in [0.2, 0.25) is 0 Å². The number of carbonyl (C=O) groups excluding carboxylic acids is 1. The minimum absolute atomic E-state index is 0.0159. The van der Waals surface area contributed by atoms with Crippen molar-refractivity contribution in [3.05, 3.63) is 0 Å². The summed E-state index contributed by atoms with van der Waals surface area (Å²) in [5.41, 5.74) is 0. The number of ether oxygens (including phenoxy) is 1. The van der Waals surface area contributed by atoms with Crippen molar-refractivity contribution >= 4 is 5.97 Å². The highest BCUT2D eigenvalue weighted by Crippen LogP contribution is 2.25. The largest absolute Gasteiger partial charge is 0.462 e. The van der Waals surface area contributed by atoms with Gasteiger partial charge in [-0.2, -0.15) is 0 Å². The predicted molar refractivity (Wildman–Crippen MR) is 49.3 cm³/mol. The molecule has 0 radical (unpaired) electrons. The van der Waals surface area contributed by atoms with Gasteiger partial charge in [-0.3, -0.25) is 4.79 Å². The molecule has 2 aliphatic rings. The molecule has 0 aromatic heterocycles. The summed E-state index contributed by atoms with van der Waals surface area (Å²) in [6.07, 6.45) is 3.59. The zero-order chi connectivity index (χ0) is 9.26. The summed E-state index contributed by atoms with van der Waals surface area (Å²) in [5.74, 6) is 0.551. The van der Waals surface area contributed by atoms with Crippen LogP contribution in [0.15, 0.2) is 0 Å². The van der Waals surface area contributed by atoms with E-state index in [2.05, 4.69) is 12.2 Å². The molecule has 1 heterocycles. The maximum Gasteiger partial charge on any atom is 0.310 e. The highest BCUT2D eigenvalue weighted by atomic mass is 16.5. The van der Waals surface area contributed by atoms with Crippen LogP contribution in [0.5, 0.6) is 0 Å². The first-order valence-corrected chi connectivity index (χ1v) is 5.18. The first-order chi connectivity index (χ1) is 6.27. The lowest BCUT2D eigenvalue weighted by Crippen LogP contribution is -2.31. The van der Waals surface area contributed by atoms with E-state index in [1.54, 1.807) is 0 Å². The summed E-state index contributed by atoms with van der Waals surface area (Å²) >= 11 is 0. The third-order valence-electron chi connectivity index (χ3n) is 3.16. The van der Waals surface area contributed by atoms with Crippen LogP contribution in [0.25, 0.3) is 0 Å². The first-order valence-electron chi connectivity index (χ1n) is 5.18. The molecule has 1 aliphatic carbocycles. The monoisotopic (exact) mass is 183 g/mol. The second kappa shape index (κ2) is 3.66. The van der Waals surface area contributed by atoms with Crippen LogP contribution in [0, 0.1) is 11.8 Å². The van der Waals surface area contributed by atoms with Gasteiger partial charge >= 0.3 is 5.97 Å². The van der Waals surface area contributed by atoms with Gasteiger partial charge in [0.15, 0.2) is 0 Å². The summed E-state index contributed by atoms with van der Waals surface area (Å²) in [5, 5.41) is 3.21. The Morgan fingerprint density at radius 1 is 1.38 bits per heavy atom. The van der Waals surface area contributed by atoms with Crippen molar-refractivity contribution in [3.8, 4) is 0 Å². The SMILES string of the molecule is CC1CNCC1C(=O)OC1CCC1. The maximum atomic E-state index is 11.6. The maximum absolute atomic E-state index is 11.6. The van der Waals surface area contributed by atoms with Gasteiger partial charge in [0.1, 0.15) is 6.10 Å². The lowest BCUT2D eigenvalue weighted by atomic mass is 9.95. The van der Waals surface area contributed by atoms with Crippen molar-refractivity contribution < 1.29 is 9.53 Å². The number of carbonyl (C=O) groups is 1. The Morgan fingerprint density at radius 3 is 2.62 bits per heavy atom. The second-order valence-corrected chi connectivity index (χ2v) is 4.23. The number of rotatable bonds is 2. The fourth-order valence-corrected chi connectivity index (χ4v) is 1.87. The Hall–Kier alpha value is -0.570. The van der Waals surface area contributed by atoms with E-state index in [-0.39, 0.29) is 18.0 Å². The van der Waals surface area contributed by atoms with Gasteiger partial charge in [0.25, 0.3) is 0 Å². The molecule has 2 atom stereocenters. The van der Waals surface area contributed by atoms with E-state index in [1.807, 2.05) is 0 Å². The molecular formula is C10H17NO2. The molecule has 3 heteroatoms. The molecule has 1 saturated heterocycles. The van der Waals surface area contributed by atoms with Crippen LogP contribution < -0.4 is 5.32 Å². The highest BCUT2D eigenvalue weighted by molar-refractivity contribution is 5.73. The summed E-state index contributed by atoms with van der Waals surface area (Å²) in [6, 6.07) is 0. The average molecular weight is 183 g/mol. The number of hydrogen-bond donors (Lipinski definition) is 1. The van der Waals surface area contributed by atoms with Gasteiger partial charge in [0, 0.05) is 6.54 Å². The topological polar surface area (TPSA) is 38.3 Å². The fourth-order valence-electron chi connectivity index (χ4n) is 1.87. The molecule has 2 unspecified atom stereocenters. The van der Waals surface area contributed by atoms with E-state index in [4.69, 9.17) is 4.74 Å². The Morgan fingerprint density at radius 2 is 2.15 bits per heavy atom. The van der Waals surface area contributed by atoms with Crippen LogP contribution in [0.4, 0.5) is 0 Å². The van der Waals surface area contributed by atoms with Crippen molar-refractivity contribution in [3.63, 3.8) is 0 Å². The zero-order valence-corrected chi connectivity index (χ0v) is 8.08. The molecule has 0 bridgehead atoms. The van der Waals surface area contributed by atoms with Crippen LogP contribution in [0.1, 0.15) is 26.2 Å². The molecule has 0 aromatic rings. The zero-order valence-electron chi connectivity index (χ0n) is 8.08. The average Bonchev–Trinajstić information content (AvgIpc) is 2.43. The highest BCUT2D eigenvalue weighted by Gasteiger charge is 2.33. The van der Waals surface area contributed by atoms with Crippen molar-refractivity contribution in [2.75, 3.05) is 13.1 Å². The van der Waals surface area contributed by atoms with Crippen molar-refractivity contribution in [1.82, 2.24) is 5.32 Å². The molecule has 74 valence electrons. The Kier molecular flexibility index (Phi) is 2.54. The van der Waals surface area contributed by atoms with E-state index < -0.39 is 0 Å². The molecule has 1 N–H and O–H groups in total. The number of esters is 1. The Balaban J connectivity index is 1.81. The smallest absolute Gasteiger partial charge is 0.310 e. The molecule has 0 amide bonds. The second-order valence-electron chi connectivity index (χ2n) is 4.23. The van der Waals surface area contributed by atoms with Gasteiger partial charge in [-0.1, -0.05) is 6.92 Å². The van der Waals surface area contributed by atoms with E-state index in [1.165, 1.54) is 6.42 Å². The molecular weight excluding hydrogens is 166 g/mol. The lowest BCUT2D eigenvalue weighted by molar-refractivity contribution is -0.158. The standard InChI is InChI=1S/C10H17NO2/c1-7-5-11-6-9(7)10(12)13-8-3-2-4-8/h7-9,11H,2-6H2,1H3. The first kappa shape index (κ1) is 9.00. The minimum Gasteiger partial charge on any atom is -0.462 e. The van der Waals surface area contributed by atoms with Gasteiger partial charge in [-0.25, -0.2) is 0 Å². The summed E-state index contributed by atoms with van der Waals surface area (Å²) in [6.45, 7) is 3.85. The number of hydrogen-bond acceptors (Lipinski definition) is 3. The summed E-state index contributed by atoms with van der Waals surface area (Å²) in [4.78, 5) is 11.6. The van der Waals surface area contributed by atoms with E-state index in [9.17, 15) is 4.79 Å². The van der Waals surface area contributed by atoms with Gasteiger partial charge in [-0.05, 0) is 31.7 Å². The van der Waals surface area contributed by atoms with Crippen molar-refractivity contribution in [2.24, 2.45) is 11.8 Å². The lowest BCUT2D eigenvalue weighted by Gasteiger charge is -2.27. The molecule has 2 fully saturated rings. The third-order valence-corrected chi connectivity index (χ3v) is 3.16. The molecule has 0 spiro atoms. The summed E-state index contributed by atoms with van der Waals surface area (Å²) in [7, 11) is 0. The quantitative estimate of drug-likeness (QED) is 0.647. The molecule has 1 saturated carbocycles. The molecule has 1 aliphatic heterocycles. The normalized spacial score (nSPS) is 34.2. The third kappa shape index (κ3) is 1.85. The van der Waals surface area contributed by atoms with Crippen LogP contribution in [0.3, 0.4) is 0 Å². The predicted octanol–water partition coefficient (Wildman–Crippen LogP) is 0.938. The van der Waals surface area contributed by atoms with E-state index >= 15 is 0 Å². The van der Waals surface area contributed by atoms with Crippen LogP contribution >= 0.6 is 0 Å². The minimum atomic E-state index is 0.0159. The fraction of sp³-hybridized carbons (Fsp3) is 0.900. The van der Waals surface area contributed by atoms with Crippen molar-refractivity contribution in [1.29, 1.82) is 0 Å². The Bertz CT molecular complexity index is 201. The van der Waals surface area contributed by atoms with Crippen LogP contribution in [-0.4, -0.2) is 25.2 Å². The molecule has 2 rings (SSSR count). The molecule has 3 nitrogen and oxygen atoms in total. The number of nitrogens with one attached hydrogen (secondary N) is 1. The molecule has 13 heavy (non-hydrogen) atoms. The van der Waals surface area contributed by atoms with E-state index in [0.717, 1.165) is 25.9 Å². The van der Waals surface area contributed by atoms with Gasteiger partial charge in [0.05, 0.1) is 5.92 Å². The van der Waals surface area contributed by atoms with Gasteiger partial charge in [0.2, 0.25) is 0 Å². The van der Waals surface area contributed by atoms with E-state index in [0.29, 0.717) is 5.92 Å². The summed E-state index contributed by atoms with van der Waals surface area (Å²) < 4.78 is 5.36. The van der Waals surface area contributed by atoms with Crippen molar-refractivity contribution in [2.45, 2.75) is 32.3 Å². The van der Waals surface area contributed by atoms with Gasteiger partial charge < -0.3 is 10.1 Å². The van der Waals surface area contributed by atoms with Crippen LogP contribution in [-0.2, 0) is 9.53 Å². The molecule has 0 aromatic carbocycles. The van der Waals surface area contributed by atoms with Gasteiger partial charge in [-0.15, -0.1) is 0 Å².